The number of carbonyl (C=O) groups excluding carboxylic acids is 1. The van der Waals surface area contributed by atoms with E-state index < -0.39 is 6.55 Å². The van der Waals surface area contributed by atoms with E-state index >= 15 is 0 Å². The van der Waals surface area contributed by atoms with Crippen molar-refractivity contribution in [2.75, 3.05) is 6.54 Å². The van der Waals surface area contributed by atoms with Crippen LogP contribution in [-0.2, 0) is 0 Å². The summed E-state index contributed by atoms with van der Waals surface area (Å²) in [6.07, 6.45) is 4.44. The van der Waals surface area contributed by atoms with Crippen LogP contribution in [-0.4, -0.2) is 37.3 Å². The summed E-state index contributed by atoms with van der Waals surface area (Å²) in [6, 6.07) is 4.93. The van der Waals surface area contributed by atoms with Crippen LogP contribution in [0.4, 0.5) is 8.78 Å². The summed E-state index contributed by atoms with van der Waals surface area (Å²) in [5.74, 6) is 0.359. The number of nitrogens with zero attached hydrogens (tertiary/aromatic N) is 5. The van der Waals surface area contributed by atoms with E-state index in [1.807, 2.05) is 26.0 Å². The summed E-state index contributed by atoms with van der Waals surface area (Å²) in [4.78, 5) is 19.0. The molecule has 146 valence electrons. The average Bonchev–Trinajstić information content (AvgIpc) is 3.41. The molecule has 0 aliphatic carbocycles. The molecule has 1 aliphatic heterocycles. The highest BCUT2D eigenvalue weighted by Gasteiger charge is 2.32. The third-order valence-electron chi connectivity index (χ3n) is 4.99. The first-order valence-electron chi connectivity index (χ1n) is 8.99. The van der Waals surface area contributed by atoms with E-state index in [2.05, 4.69) is 15.2 Å². The molecule has 0 aromatic carbocycles. The van der Waals surface area contributed by atoms with Gasteiger partial charge in [0, 0.05) is 30.1 Å². The van der Waals surface area contributed by atoms with Crippen LogP contribution in [0.25, 0.3) is 11.1 Å². The molecule has 1 amide bonds. The summed E-state index contributed by atoms with van der Waals surface area (Å²) in [6.45, 7) is 1.49. The molecular formula is C19H19F2N5O2. The summed E-state index contributed by atoms with van der Waals surface area (Å²) in [5.41, 5.74) is 3.37. The number of aromatic nitrogens is 4. The highest BCUT2D eigenvalue weighted by atomic mass is 19.3. The fourth-order valence-electron chi connectivity index (χ4n) is 3.67. The molecule has 0 bridgehead atoms. The Kier molecular flexibility index (Phi) is 4.66. The van der Waals surface area contributed by atoms with Crippen molar-refractivity contribution in [3.05, 3.63) is 53.4 Å². The van der Waals surface area contributed by atoms with Gasteiger partial charge in [-0.05, 0) is 38.8 Å². The maximum Gasteiger partial charge on any atom is 0.333 e. The lowest BCUT2D eigenvalue weighted by molar-refractivity contribution is 0.0549. The fourth-order valence-corrected chi connectivity index (χ4v) is 3.67. The Labute approximate surface area is 160 Å². The number of halogens is 2. The third-order valence-corrected chi connectivity index (χ3v) is 4.99. The van der Waals surface area contributed by atoms with Crippen molar-refractivity contribution in [1.29, 1.82) is 0 Å². The first-order valence-corrected chi connectivity index (χ1v) is 8.99. The molecule has 1 atom stereocenters. The Hall–Kier alpha value is -3.10. The minimum absolute atomic E-state index is 0.0135. The smallest absolute Gasteiger partial charge is 0.333 e. The lowest BCUT2D eigenvalue weighted by atomic mass is 10.0. The summed E-state index contributed by atoms with van der Waals surface area (Å²) < 4.78 is 31.1. The van der Waals surface area contributed by atoms with E-state index in [1.165, 1.54) is 6.07 Å². The molecular weight excluding hydrogens is 368 g/mol. The fraction of sp³-hybridized carbons (Fsp3) is 0.368. The molecule has 1 fully saturated rings. The molecule has 0 saturated carbocycles. The van der Waals surface area contributed by atoms with Gasteiger partial charge in [0.25, 0.3) is 5.91 Å². The topological polar surface area (TPSA) is 77.0 Å². The van der Waals surface area contributed by atoms with Crippen molar-refractivity contribution < 1.29 is 18.1 Å². The van der Waals surface area contributed by atoms with Crippen molar-refractivity contribution in [3.63, 3.8) is 0 Å². The summed E-state index contributed by atoms with van der Waals surface area (Å²) >= 11 is 0. The number of hydrogen-bond donors (Lipinski definition) is 0. The molecule has 0 radical (unpaired) electrons. The molecule has 1 aliphatic rings. The predicted molar refractivity (Wildman–Crippen MR) is 95.7 cm³/mol. The molecule has 1 unspecified atom stereocenters. The number of pyridine rings is 1. The first-order chi connectivity index (χ1) is 13.5. The zero-order chi connectivity index (χ0) is 19.8. The third kappa shape index (κ3) is 3.17. The normalized spacial score (nSPS) is 16.9. The molecule has 7 nitrogen and oxygen atoms in total. The van der Waals surface area contributed by atoms with E-state index in [9.17, 15) is 13.6 Å². The molecule has 9 heteroatoms. The first kappa shape index (κ1) is 18.3. The second kappa shape index (κ2) is 7.14. The zero-order valence-electron chi connectivity index (χ0n) is 15.5. The molecule has 28 heavy (non-hydrogen) atoms. The highest BCUT2D eigenvalue weighted by molar-refractivity contribution is 5.92. The van der Waals surface area contributed by atoms with Crippen LogP contribution in [0.5, 0.6) is 0 Å². The Morgan fingerprint density at radius 2 is 2.11 bits per heavy atom. The summed E-state index contributed by atoms with van der Waals surface area (Å²) in [7, 11) is 0. The number of alkyl halides is 2. The second-order valence-electron chi connectivity index (χ2n) is 6.79. The van der Waals surface area contributed by atoms with Crippen molar-refractivity contribution >= 4 is 5.91 Å². The van der Waals surface area contributed by atoms with Crippen molar-refractivity contribution in [2.45, 2.75) is 39.3 Å². The van der Waals surface area contributed by atoms with Crippen molar-refractivity contribution in [2.24, 2.45) is 0 Å². The Morgan fingerprint density at radius 3 is 2.71 bits per heavy atom. The highest BCUT2D eigenvalue weighted by Crippen LogP contribution is 2.33. The van der Waals surface area contributed by atoms with E-state index in [4.69, 9.17) is 4.52 Å². The van der Waals surface area contributed by atoms with Crippen molar-refractivity contribution in [3.8, 4) is 11.1 Å². The SMILES string of the molecule is Cc1noc(C)c1-c1ccc(C2CCCN2C(=O)c2ccn(C(F)F)n2)nc1. The number of likely N-dealkylation sites (tertiary alicyclic amines) is 1. The Balaban J connectivity index is 1.57. The number of hydrogen-bond acceptors (Lipinski definition) is 5. The van der Waals surface area contributed by atoms with Crippen molar-refractivity contribution in [1.82, 2.24) is 24.8 Å². The van der Waals surface area contributed by atoms with E-state index in [0.29, 0.717) is 11.2 Å². The lowest BCUT2D eigenvalue weighted by Gasteiger charge is -2.23. The monoisotopic (exact) mass is 387 g/mol. The van der Waals surface area contributed by atoms with Gasteiger partial charge in [0.05, 0.1) is 17.4 Å². The molecule has 4 rings (SSSR count). The van der Waals surface area contributed by atoms with Crippen LogP contribution >= 0.6 is 0 Å². The van der Waals surface area contributed by atoms with Gasteiger partial charge in [-0.1, -0.05) is 11.2 Å². The molecule has 0 spiro atoms. The van der Waals surface area contributed by atoms with Gasteiger partial charge in [-0.3, -0.25) is 9.78 Å². The Bertz CT molecular complexity index is 977. The largest absolute Gasteiger partial charge is 0.361 e. The van der Waals surface area contributed by atoms with Gasteiger partial charge in [0.2, 0.25) is 0 Å². The number of rotatable bonds is 4. The zero-order valence-corrected chi connectivity index (χ0v) is 15.5. The van der Waals surface area contributed by atoms with Crippen LogP contribution in [0.2, 0.25) is 0 Å². The van der Waals surface area contributed by atoms with Gasteiger partial charge >= 0.3 is 6.55 Å². The van der Waals surface area contributed by atoms with Crippen LogP contribution in [0, 0.1) is 13.8 Å². The molecule has 3 aromatic heterocycles. The van der Waals surface area contributed by atoms with Gasteiger partial charge in [0.15, 0.2) is 5.69 Å². The number of aryl methyl sites for hydroxylation is 2. The minimum Gasteiger partial charge on any atom is -0.361 e. The van der Waals surface area contributed by atoms with Crippen LogP contribution < -0.4 is 0 Å². The molecule has 0 N–H and O–H groups in total. The lowest BCUT2D eigenvalue weighted by Crippen LogP contribution is -2.31. The standard InChI is InChI=1S/C19H19F2N5O2/c1-11-17(12(2)28-24-11)13-5-6-14(22-10-13)16-4-3-8-25(16)18(27)15-7-9-26(23-15)19(20)21/h5-7,9-10,16,19H,3-4,8H2,1-2H3. The van der Waals surface area contributed by atoms with E-state index in [-0.39, 0.29) is 17.6 Å². The van der Waals surface area contributed by atoms with Gasteiger partial charge < -0.3 is 9.42 Å². The van der Waals surface area contributed by atoms with Crippen LogP contribution in [0.15, 0.2) is 35.1 Å². The summed E-state index contributed by atoms with van der Waals surface area (Å²) in [5, 5.41) is 7.64. The van der Waals surface area contributed by atoms with Gasteiger partial charge in [-0.2, -0.15) is 13.9 Å². The minimum atomic E-state index is -2.77. The van der Waals surface area contributed by atoms with E-state index in [0.717, 1.165) is 47.3 Å². The molecule has 3 aromatic rings. The van der Waals surface area contributed by atoms with Gasteiger partial charge in [-0.15, -0.1) is 0 Å². The quantitative estimate of drug-likeness (QED) is 0.678. The van der Waals surface area contributed by atoms with Gasteiger partial charge in [0.1, 0.15) is 5.76 Å². The predicted octanol–water partition coefficient (Wildman–Crippen LogP) is 3.92. The average molecular weight is 387 g/mol. The molecule has 4 heterocycles. The Morgan fingerprint density at radius 1 is 1.29 bits per heavy atom. The second-order valence-corrected chi connectivity index (χ2v) is 6.79. The maximum absolute atomic E-state index is 12.8. The maximum atomic E-state index is 12.8. The number of carbonyl (C=O) groups is 1. The van der Waals surface area contributed by atoms with Crippen LogP contribution in [0.3, 0.4) is 0 Å². The molecule has 1 saturated heterocycles. The van der Waals surface area contributed by atoms with Crippen LogP contribution in [0.1, 0.15) is 53.1 Å². The van der Waals surface area contributed by atoms with E-state index in [1.54, 1.807) is 11.1 Å². The van der Waals surface area contributed by atoms with Gasteiger partial charge in [-0.25, -0.2) is 4.68 Å². The number of amides is 1.